The van der Waals surface area contributed by atoms with E-state index in [4.69, 9.17) is 0 Å². The second-order valence-electron chi connectivity index (χ2n) is 5.41. The van der Waals surface area contributed by atoms with Gasteiger partial charge in [-0.3, -0.25) is 14.9 Å². The lowest BCUT2D eigenvalue weighted by Crippen LogP contribution is -2.44. The number of rotatable bonds is 4. The van der Waals surface area contributed by atoms with Crippen molar-refractivity contribution in [3.63, 3.8) is 0 Å². The predicted octanol–water partition coefficient (Wildman–Crippen LogP) is 1.84. The molecule has 2 aliphatic rings. The molecule has 1 heterocycles. The number of benzene rings is 1. The van der Waals surface area contributed by atoms with E-state index in [9.17, 15) is 14.9 Å². The third kappa shape index (κ3) is 2.59. The van der Waals surface area contributed by atoms with E-state index in [1.54, 1.807) is 12.1 Å². The molecule has 1 saturated heterocycles. The van der Waals surface area contributed by atoms with Gasteiger partial charge in [-0.1, -0.05) is 0 Å². The van der Waals surface area contributed by atoms with Crippen LogP contribution in [0.3, 0.4) is 0 Å². The van der Waals surface area contributed by atoms with E-state index in [-0.39, 0.29) is 17.6 Å². The van der Waals surface area contributed by atoms with Gasteiger partial charge in [0.05, 0.1) is 4.92 Å². The molecule has 1 unspecified atom stereocenters. The van der Waals surface area contributed by atoms with Crippen LogP contribution < -0.4 is 10.2 Å². The highest BCUT2D eigenvalue weighted by atomic mass is 16.6. The first-order valence-corrected chi connectivity index (χ1v) is 6.96. The Kier molecular flexibility index (Phi) is 3.30. The Morgan fingerprint density at radius 2 is 1.95 bits per heavy atom. The van der Waals surface area contributed by atoms with Crippen LogP contribution in [0.15, 0.2) is 24.3 Å². The molecule has 1 aromatic carbocycles. The number of anilines is 1. The highest BCUT2D eigenvalue weighted by Crippen LogP contribution is 2.28. The Morgan fingerprint density at radius 3 is 2.55 bits per heavy atom. The summed E-state index contributed by atoms with van der Waals surface area (Å²) < 4.78 is 0. The molecular weight excluding hydrogens is 258 g/mol. The first kappa shape index (κ1) is 12.9. The van der Waals surface area contributed by atoms with E-state index in [0.717, 1.165) is 37.9 Å². The fourth-order valence-corrected chi connectivity index (χ4v) is 2.64. The fourth-order valence-electron chi connectivity index (χ4n) is 2.64. The summed E-state index contributed by atoms with van der Waals surface area (Å²) >= 11 is 0. The molecule has 1 aromatic rings. The lowest BCUT2D eigenvalue weighted by molar-refractivity contribution is -0.384. The fraction of sp³-hybridized carbons (Fsp3) is 0.500. The maximum atomic E-state index is 12.2. The number of nitrogens with one attached hydrogen (secondary N) is 1. The largest absolute Gasteiger partial charge is 0.360 e. The van der Waals surface area contributed by atoms with Gasteiger partial charge in [0, 0.05) is 30.4 Å². The summed E-state index contributed by atoms with van der Waals surface area (Å²) in [5.74, 6) is 0.0864. The molecule has 20 heavy (non-hydrogen) atoms. The maximum Gasteiger partial charge on any atom is 0.269 e. The standard InChI is InChI=1S/C14H17N3O3/c18-14(15-10-3-4-10)13-2-1-9-16(13)11-5-7-12(8-6-11)17(19)20/h5-8,10,13H,1-4,9H2,(H,15,18). The average Bonchev–Trinajstić information content (AvgIpc) is 3.11. The molecule has 0 radical (unpaired) electrons. The van der Waals surface area contributed by atoms with E-state index in [2.05, 4.69) is 5.32 Å². The number of nitro groups is 1. The predicted molar refractivity (Wildman–Crippen MR) is 74.6 cm³/mol. The van der Waals surface area contributed by atoms with Gasteiger partial charge in [0.15, 0.2) is 0 Å². The van der Waals surface area contributed by atoms with Crippen molar-refractivity contribution in [3.05, 3.63) is 34.4 Å². The highest BCUT2D eigenvalue weighted by molar-refractivity contribution is 5.86. The number of hydrogen-bond acceptors (Lipinski definition) is 4. The van der Waals surface area contributed by atoms with Crippen molar-refractivity contribution in [1.82, 2.24) is 5.32 Å². The normalized spacial score (nSPS) is 21.8. The quantitative estimate of drug-likeness (QED) is 0.672. The SMILES string of the molecule is O=C(NC1CC1)C1CCCN1c1ccc([N+](=O)[O-])cc1. The number of nitro benzene ring substituents is 1. The Bertz CT molecular complexity index is 525. The first-order valence-electron chi connectivity index (χ1n) is 6.96. The van der Waals surface area contributed by atoms with Crippen LogP contribution in [-0.4, -0.2) is 29.5 Å². The lowest BCUT2D eigenvalue weighted by atomic mass is 10.2. The Hall–Kier alpha value is -2.11. The average molecular weight is 275 g/mol. The minimum atomic E-state index is -0.412. The Labute approximate surface area is 116 Å². The summed E-state index contributed by atoms with van der Waals surface area (Å²) in [4.78, 5) is 24.5. The number of amides is 1. The van der Waals surface area contributed by atoms with Crippen LogP contribution in [0.25, 0.3) is 0 Å². The topological polar surface area (TPSA) is 75.5 Å². The van der Waals surface area contributed by atoms with Gasteiger partial charge >= 0.3 is 0 Å². The smallest absolute Gasteiger partial charge is 0.269 e. The summed E-state index contributed by atoms with van der Waals surface area (Å²) in [6, 6.07) is 6.65. The van der Waals surface area contributed by atoms with Crippen molar-refractivity contribution >= 4 is 17.3 Å². The van der Waals surface area contributed by atoms with Gasteiger partial charge in [0.25, 0.3) is 5.69 Å². The molecule has 1 saturated carbocycles. The minimum Gasteiger partial charge on any atom is -0.360 e. The summed E-state index contributed by atoms with van der Waals surface area (Å²) in [6.45, 7) is 0.820. The van der Waals surface area contributed by atoms with Crippen molar-refractivity contribution in [3.8, 4) is 0 Å². The zero-order chi connectivity index (χ0) is 14.1. The number of carbonyl (C=O) groups is 1. The molecule has 106 valence electrons. The van der Waals surface area contributed by atoms with Crippen molar-refractivity contribution in [2.75, 3.05) is 11.4 Å². The van der Waals surface area contributed by atoms with Gasteiger partial charge in [-0.2, -0.15) is 0 Å². The number of carbonyl (C=O) groups excluding carboxylic acids is 1. The molecule has 1 aliphatic carbocycles. The summed E-state index contributed by atoms with van der Waals surface area (Å²) in [5.41, 5.74) is 0.955. The van der Waals surface area contributed by atoms with Gasteiger partial charge < -0.3 is 10.2 Å². The second-order valence-corrected chi connectivity index (χ2v) is 5.41. The molecule has 6 heteroatoms. The first-order chi connectivity index (χ1) is 9.65. The van der Waals surface area contributed by atoms with Gasteiger partial charge in [0.1, 0.15) is 6.04 Å². The maximum absolute atomic E-state index is 12.2. The van der Waals surface area contributed by atoms with Crippen LogP contribution in [0.5, 0.6) is 0 Å². The molecule has 1 amide bonds. The van der Waals surface area contributed by atoms with Crippen molar-refractivity contribution in [2.45, 2.75) is 37.8 Å². The summed E-state index contributed by atoms with van der Waals surface area (Å²) in [5, 5.41) is 13.7. The second kappa shape index (κ2) is 5.11. The molecule has 1 atom stereocenters. The van der Waals surface area contributed by atoms with Gasteiger partial charge in [-0.25, -0.2) is 0 Å². The van der Waals surface area contributed by atoms with Gasteiger partial charge in [0.2, 0.25) is 5.91 Å². The van der Waals surface area contributed by atoms with E-state index in [1.807, 2.05) is 4.90 Å². The van der Waals surface area contributed by atoms with E-state index >= 15 is 0 Å². The van der Waals surface area contributed by atoms with Crippen molar-refractivity contribution < 1.29 is 9.72 Å². The number of hydrogen-bond donors (Lipinski definition) is 1. The summed E-state index contributed by atoms with van der Waals surface area (Å²) in [7, 11) is 0. The molecule has 3 rings (SSSR count). The number of nitrogens with zero attached hydrogens (tertiary/aromatic N) is 2. The lowest BCUT2D eigenvalue weighted by Gasteiger charge is -2.25. The zero-order valence-electron chi connectivity index (χ0n) is 11.1. The van der Waals surface area contributed by atoms with E-state index in [1.165, 1.54) is 12.1 Å². The molecule has 1 aliphatic heterocycles. The van der Waals surface area contributed by atoms with E-state index < -0.39 is 4.92 Å². The Morgan fingerprint density at radius 1 is 1.25 bits per heavy atom. The molecule has 6 nitrogen and oxygen atoms in total. The van der Waals surface area contributed by atoms with Crippen LogP contribution in [-0.2, 0) is 4.79 Å². The highest BCUT2D eigenvalue weighted by Gasteiger charge is 2.34. The number of non-ortho nitro benzene ring substituents is 1. The summed E-state index contributed by atoms with van der Waals surface area (Å²) in [6.07, 6.45) is 3.97. The van der Waals surface area contributed by atoms with Crippen molar-refractivity contribution in [1.29, 1.82) is 0 Å². The molecular formula is C14H17N3O3. The van der Waals surface area contributed by atoms with Crippen LogP contribution in [0.1, 0.15) is 25.7 Å². The van der Waals surface area contributed by atoms with Crippen LogP contribution in [0, 0.1) is 10.1 Å². The molecule has 1 N–H and O–H groups in total. The van der Waals surface area contributed by atoms with Gasteiger partial charge in [-0.15, -0.1) is 0 Å². The molecule has 0 aromatic heterocycles. The van der Waals surface area contributed by atoms with Crippen molar-refractivity contribution in [2.24, 2.45) is 0 Å². The Balaban J connectivity index is 1.73. The zero-order valence-corrected chi connectivity index (χ0v) is 11.1. The van der Waals surface area contributed by atoms with Crippen LogP contribution in [0.2, 0.25) is 0 Å². The third-order valence-corrected chi connectivity index (χ3v) is 3.87. The molecule has 0 spiro atoms. The molecule has 2 fully saturated rings. The third-order valence-electron chi connectivity index (χ3n) is 3.87. The molecule has 0 bridgehead atoms. The monoisotopic (exact) mass is 275 g/mol. The van der Waals surface area contributed by atoms with E-state index in [0.29, 0.717) is 6.04 Å². The minimum absolute atomic E-state index is 0.0759. The van der Waals surface area contributed by atoms with Gasteiger partial charge in [-0.05, 0) is 37.8 Å². The van der Waals surface area contributed by atoms with Crippen LogP contribution >= 0.6 is 0 Å². The van der Waals surface area contributed by atoms with Crippen LogP contribution in [0.4, 0.5) is 11.4 Å².